The highest BCUT2D eigenvalue weighted by Gasteiger charge is 2.40. The second-order valence-electron chi connectivity index (χ2n) is 7.18. The standard InChI is InChI=1S/C14H29NOSSi/c1-14(2,3)18(4,5)16-12-8-6-11(10-12)7-9-13(15)17/h11-12H,6-10H2,1-5H3,(H2,15,17). The minimum Gasteiger partial charge on any atom is -0.414 e. The smallest absolute Gasteiger partial charge is 0.192 e. The summed E-state index contributed by atoms with van der Waals surface area (Å²) in [6.45, 7) is 11.6. The quantitative estimate of drug-likeness (QED) is 0.606. The van der Waals surface area contributed by atoms with Crippen molar-refractivity contribution in [2.75, 3.05) is 0 Å². The molecule has 0 amide bonds. The Morgan fingerprint density at radius 3 is 2.44 bits per heavy atom. The zero-order valence-corrected chi connectivity index (χ0v) is 14.4. The Kier molecular flexibility index (Phi) is 5.39. The lowest BCUT2D eigenvalue weighted by Crippen LogP contribution is -2.43. The molecule has 0 bridgehead atoms. The van der Waals surface area contributed by atoms with Crippen molar-refractivity contribution in [3.05, 3.63) is 0 Å². The van der Waals surface area contributed by atoms with Gasteiger partial charge >= 0.3 is 0 Å². The number of hydrogen-bond acceptors (Lipinski definition) is 2. The van der Waals surface area contributed by atoms with Gasteiger partial charge in [-0.1, -0.05) is 33.0 Å². The third-order valence-corrected chi connectivity index (χ3v) is 9.30. The van der Waals surface area contributed by atoms with Crippen molar-refractivity contribution in [1.82, 2.24) is 0 Å². The number of nitrogens with two attached hydrogens (primary N) is 1. The van der Waals surface area contributed by atoms with Crippen LogP contribution in [0, 0.1) is 5.92 Å². The Hall–Kier alpha value is 0.0669. The Balaban J connectivity index is 2.41. The van der Waals surface area contributed by atoms with Crippen LogP contribution in [0.15, 0.2) is 0 Å². The molecule has 2 unspecified atom stereocenters. The van der Waals surface area contributed by atoms with E-state index in [1.807, 2.05) is 0 Å². The summed E-state index contributed by atoms with van der Waals surface area (Å²) in [5.41, 5.74) is 5.57. The summed E-state index contributed by atoms with van der Waals surface area (Å²) in [6, 6.07) is 0. The minimum absolute atomic E-state index is 0.309. The number of hydrogen-bond donors (Lipinski definition) is 1. The van der Waals surface area contributed by atoms with Gasteiger partial charge in [0, 0.05) is 6.10 Å². The lowest BCUT2D eigenvalue weighted by Gasteiger charge is -2.38. The van der Waals surface area contributed by atoms with Crippen molar-refractivity contribution in [3.8, 4) is 0 Å². The van der Waals surface area contributed by atoms with Crippen molar-refractivity contribution in [2.45, 2.75) is 77.1 Å². The van der Waals surface area contributed by atoms with Gasteiger partial charge in [0.1, 0.15) is 0 Å². The maximum atomic E-state index is 6.48. The Morgan fingerprint density at radius 1 is 1.33 bits per heavy atom. The molecule has 2 nitrogen and oxygen atoms in total. The first-order chi connectivity index (χ1) is 8.12. The monoisotopic (exact) mass is 287 g/mol. The molecule has 0 saturated heterocycles. The molecule has 2 atom stereocenters. The highest BCUT2D eigenvalue weighted by Crippen LogP contribution is 2.41. The first kappa shape index (κ1) is 16.1. The topological polar surface area (TPSA) is 35.2 Å². The molecule has 0 heterocycles. The average Bonchev–Trinajstić information content (AvgIpc) is 2.60. The molecule has 0 aromatic carbocycles. The van der Waals surface area contributed by atoms with Gasteiger partial charge < -0.3 is 10.2 Å². The van der Waals surface area contributed by atoms with Crippen LogP contribution in [-0.2, 0) is 4.43 Å². The highest BCUT2D eigenvalue weighted by molar-refractivity contribution is 7.80. The maximum Gasteiger partial charge on any atom is 0.192 e. The van der Waals surface area contributed by atoms with Crippen LogP contribution in [0.4, 0.5) is 0 Å². The Labute approximate surface area is 119 Å². The Morgan fingerprint density at radius 2 is 1.94 bits per heavy atom. The Bertz CT molecular complexity index is 299. The lowest BCUT2D eigenvalue weighted by atomic mass is 10.0. The summed E-state index contributed by atoms with van der Waals surface area (Å²) in [7, 11) is -1.59. The average molecular weight is 288 g/mol. The molecule has 0 aromatic heterocycles. The van der Waals surface area contributed by atoms with Crippen molar-refractivity contribution in [3.63, 3.8) is 0 Å². The van der Waals surface area contributed by atoms with Gasteiger partial charge in [0.05, 0.1) is 4.99 Å². The molecular weight excluding hydrogens is 258 g/mol. The fourth-order valence-corrected chi connectivity index (χ4v) is 3.86. The van der Waals surface area contributed by atoms with Gasteiger partial charge in [0.25, 0.3) is 0 Å². The van der Waals surface area contributed by atoms with Crippen LogP contribution in [0.25, 0.3) is 0 Å². The summed E-state index contributed by atoms with van der Waals surface area (Å²) in [5.74, 6) is 0.765. The zero-order chi connectivity index (χ0) is 14.0. The molecule has 0 spiro atoms. The van der Waals surface area contributed by atoms with Crippen molar-refractivity contribution in [2.24, 2.45) is 11.7 Å². The third-order valence-electron chi connectivity index (χ3n) is 4.56. The SMILES string of the molecule is CC(C)(C)[Si](C)(C)OC1CCC(CCC(N)=S)C1. The normalized spacial score (nSPS) is 25.4. The summed E-state index contributed by atoms with van der Waals surface area (Å²) in [6.07, 6.45) is 6.22. The first-order valence-electron chi connectivity index (χ1n) is 7.08. The van der Waals surface area contributed by atoms with E-state index in [-0.39, 0.29) is 0 Å². The molecule has 1 aliphatic carbocycles. The fraction of sp³-hybridized carbons (Fsp3) is 0.929. The molecule has 106 valence electrons. The van der Waals surface area contributed by atoms with Gasteiger partial charge in [-0.05, 0) is 56.2 Å². The van der Waals surface area contributed by atoms with Crippen LogP contribution in [-0.4, -0.2) is 19.4 Å². The van der Waals surface area contributed by atoms with E-state index in [2.05, 4.69) is 33.9 Å². The van der Waals surface area contributed by atoms with E-state index in [4.69, 9.17) is 22.4 Å². The minimum atomic E-state index is -1.59. The van der Waals surface area contributed by atoms with Crippen molar-refractivity contribution < 1.29 is 4.43 Å². The molecule has 2 N–H and O–H groups in total. The van der Waals surface area contributed by atoms with E-state index >= 15 is 0 Å². The molecule has 1 aliphatic rings. The molecule has 1 saturated carbocycles. The second kappa shape index (κ2) is 6.01. The van der Waals surface area contributed by atoms with Gasteiger partial charge in [0.15, 0.2) is 8.32 Å². The predicted molar refractivity (Wildman–Crippen MR) is 85.4 cm³/mol. The van der Waals surface area contributed by atoms with E-state index in [9.17, 15) is 0 Å². The van der Waals surface area contributed by atoms with Gasteiger partial charge in [-0.25, -0.2) is 0 Å². The summed E-state index contributed by atoms with van der Waals surface area (Å²) in [4.78, 5) is 0.656. The van der Waals surface area contributed by atoms with E-state index in [0.29, 0.717) is 16.1 Å². The largest absolute Gasteiger partial charge is 0.414 e. The van der Waals surface area contributed by atoms with E-state index in [1.165, 1.54) is 19.3 Å². The first-order valence-corrected chi connectivity index (χ1v) is 10.4. The summed E-state index contributed by atoms with van der Waals surface area (Å²) in [5, 5.41) is 0.309. The van der Waals surface area contributed by atoms with Crippen LogP contribution < -0.4 is 5.73 Å². The summed E-state index contributed by atoms with van der Waals surface area (Å²) < 4.78 is 6.48. The van der Waals surface area contributed by atoms with Crippen molar-refractivity contribution >= 4 is 25.5 Å². The van der Waals surface area contributed by atoms with E-state index in [0.717, 1.165) is 18.8 Å². The molecule has 1 rings (SSSR count). The van der Waals surface area contributed by atoms with Gasteiger partial charge in [0.2, 0.25) is 0 Å². The van der Waals surface area contributed by atoms with Crippen LogP contribution >= 0.6 is 12.2 Å². The molecule has 1 fully saturated rings. The third kappa shape index (κ3) is 4.63. The second-order valence-corrected chi connectivity index (χ2v) is 12.5. The number of thiocarbonyl (C=S) groups is 1. The van der Waals surface area contributed by atoms with E-state index < -0.39 is 8.32 Å². The lowest BCUT2D eigenvalue weighted by molar-refractivity contribution is 0.182. The van der Waals surface area contributed by atoms with Crippen LogP contribution in [0.2, 0.25) is 18.1 Å². The molecule has 18 heavy (non-hydrogen) atoms. The van der Waals surface area contributed by atoms with Crippen LogP contribution in [0.5, 0.6) is 0 Å². The highest BCUT2D eigenvalue weighted by atomic mass is 32.1. The van der Waals surface area contributed by atoms with Crippen LogP contribution in [0.1, 0.15) is 52.9 Å². The molecular formula is C14H29NOSSi. The maximum absolute atomic E-state index is 6.48. The fourth-order valence-electron chi connectivity index (χ4n) is 2.34. The molecule has 0 radical (unpaired) electrons. The molecule has 0 aromatic rings. The van der Waals surface area contributed by atoms with Crippen LogP contribution in [0.3, 0.4) is 0 Å². The number of rotatable bonds is 5. The predicted octanol–water partition coefficient (Wildman–Crippen LogP) is 4.24. The van der Waals surface area contributed by atoms with Gasteiger partial charge in [-0.3, -0.25) is 0 Å². The zero-order valence-electron chi connectivity index (χ0n) is 12.6. The van der Waals surface area contributed by atoms with E-state index in [1.54, 1.807) is 0 Å². The van der Waals surface area contributed by atoms with Gasteiger partial charge in [-0.15, -0.1) is 0 Å². The molecule has 0 aliphatic heterocycles. The summed E-state index contributed by atoms with van der Waals surface area (Å²) >= 11 is 4.95. The van der Waals surface area contributed by atoms with Gasteiger partial charge in [-0.2, -0.15) is 0 Å². The van der Waals surface area contributed by atoms with Crippen molar-refractivity contribution in [1.29, 1.82) is 0 Å². The molecule has 4 heteroatoms.